The highest BCUT2D eigenvalue weighted by molar-refractivity contribution is 7.16. The van der Waals surface area contributed by atoms with E-state index >= 15 is 0 Å². The summed E-state index contributed by atoms with van der Waals surface area (Å²) in [5.74, 6) is -0.340. The summed E-state index contributed by atoms with van der Waals surface area (Å²) in [6, 6.07) is 3.67. The van der Waals surface area contributed by atoms with Crippen molar-refractivity contribution in [3.63, 3.8) is 0 Å². The van der Waals surface area contributed by atoms with Crippen LogP contribution in [0.25, 0.3) is 0 Å². The Labute approximate surface area is 226 Å². The number of hydrogen-bond donors (Lipinski definition) is 4. The molecule has 2 fully saturated rings. The summed E-state index contributed by atoms with van der Waals surface area (Å²) in [5, 5.41) is 20.3. The minimum absolute atomic E-state index is 0.0229. The molecule has 1 aliphatic heterocycles. The molecule has 0 radical (unpaired) electrons. The molecule has 3 aliphatic rings. The van der Waals surface area contributed by atoms with E-state index in [0.717, 1.165) is 57.8 Å². The minimum atomic E-state index is -0.571. The molecular formula is C27H39N4O4S2+. The Bertz CT molecular complexity index is 1100. The SMILES string of the molecule is C[C@H](C(=O)NCC[NH+]1CCOCC1)[C@H]1CC[C@]2(C)Cc3sc(NC(=O)c4cccs4)nc3[C@@H](C)[C@@H]2[C@H]1O. The van der Waals surface area contributed by atoms with Gasteiger partial charge in [0.1, 0.15) is 13.1 Å². The zero-order chi connectivity index (χ0) is 26.2. The van der Waals surface area contributed by atoms with E-state index in [-0.39, 0.29) is 40.9 Å². The summed E-state index contributed by atoms with van der Waals surface area (Å²) < 4.78 is 5.41. The topological polar surface area (TPSA) is 105 Å². The predicted molar refractivity (Wildman–Crippen MR) is 145 cm³/mol. The third-order valence-electron chi connectivity index (χ3n) is 8.92. The number of rotatable bonds is 7. The third-order valence-corrected chi connectivity index (χ3v) is 10.8. The van der Waals surface area contributed by atoms with E-state index in [1.54, 1.807) is 11.3 Å². The van der Waals surface area contributed by atoms with Crippen LogP contribution in [0.15, 0.2) is 17.5 Å². The molecule has 0 spiro atoms. The maximum absolute atomic E-state index is 13.0. The molecule has 1 saturated heterocycles. The van der Waals surface area contributed by atoms with E-state index in [1.807, 2.05) is 24.4 Å². The number of hydrogen-bond acceptors (Lipinski definition) is 7. The Morgan fingerprint density at radius 2 is 2.14 bits per heavy atom. The van der Waals surface area contributed by atoms with Crippen molar-refractivity contribution in [2.45, 2.75) is 52.1 Å². The van der Waals surface area contributed by atoms with Crippen LogP contribution < -0.4 is 15.5 Å². The molecule has 10 heteroatoms. The fourth-order valence-corrected chi connectivity index (χ4v) is 8.67. The van der Waals surface area contributed by atoms with Crippen molar-refractivity contribution < 1.29 is 24.3 Å². The summed E-state index contributed by atoms with van der Waals surface area (Å²) in [7, 11) is 0. The quantitative estimate of drug-likeness (QED) is 0.425. The lowest BCUT2D eigenvalue weighted by Crippen LogP contribution is -3.14. The predicted octanol–water partition coefficient (Wildman–Crippen LogP) is 2.18. The first-order chi connectivity index (χ1) is 17.8. The normalized spacial score (nSPS) is 30.7. The molecular weight excluding hydrogens is 508 g/mol. The lowest BCUT2D eigenvalue weighted by atomic mass is 9.53. The van der Waals surface area contributed by atoms with Crippen molar-refractivity contribution in [1.82, 2.24) is 10.3 Å². The van der Waals surface area contributed by atoms with Crippen LogP contribution in [0.1, 0.15) is 59.8 Å². The molecule has 4 N–H and O–H groups in total. The zero-order valence-electron chi connectivity index (χ0n) is 21.9. The molecule has 2 aliphatic carbocycles. The number of amides is 2. The first kappa shape index (κ1) is 26.7. The fourth-order valence-electron chi connectivity index (χ4n) is 6.79. The van der Waals surface area contributed by atoms with Crippen molar-refractivity contribution in [2.24, 2.45) is 23.2 Å². The molecule has 2 aromatic heterocycles. The van der Waals surface area contributed by atoms with Gasteiger partial charge in [0.05, 0.1) is 43.0 Å². The van der Waals surface area contributed by atoms with E-state index in [4.69, 9.17) is 9.72 Å². The number of thiazole rings is 1. The van der Waals surface area contributed by atoms with E-state index in [9.17, 15) is 14.7 Å². The summed E-state index contributed by atoms with van der Waals surface area (Å²) in [4.78, 5) is 33.8. The number of aromatic nitrogens is 1. The molecule has 0 unspecified atom stereocenters. The molecule has 6 atom stereocenters. The first-order valence-electron chi connectivity index (χ1n) is 13.5. The molecule has 0 bridgehead atoms. The number of morpholine rings is 1. The number of anilines is 1. The van der Waals surface area contributed by atoms with Crippen molar-refractivity contribution in [3.8, 4) is 0 Å². The monoisotopic (exact) mass is 547 g/mol. The van der Waals surface area contributed by atoms with Gasteiger partial charge in [0, 0.05) is 16.7 Å². The van der Waals surface area contributed by atoms with Gasteiger partial charge in [0.2, 0.25) is 5.91 Å². The van der Waals surface area contributed by atoms with Gasteiger partial charge in [-0.25, -0.2) is 4.98 Å². The maximum Gasteiger partial charge on any atom is 0.267 e. The van der Waals surface area contributed by atoms with Crippen LogP contribution >= 0.6 is 22.7 Å². The molecule has 1 saturated carbocycles. The number of carbonyl (C=O) groups is 2. The number of quaternary nitrogens is 1. The van der Waals surface area contributed by atoms with Crippen LogP contribution in [0, 0.1) is 23.2 Å². The average Bonchev–Trinajstić information content (AvgIpc) is 3.54. The number of aliphatic hydroxyl groups is 1. The van der Waals surface area contributed by atoms with Gasteiger partial charge in [-0.3, -0.25) is 14.9 Å². The van der Waals surface area contributed by atoms with Crippen molar-refractivity contribution in [1.29, 1.82) is 0 Å². The lowest BCUT2D eigenvalue weighted by Gasteiger charge is -2.53. The summed E-state index contributed by atoms with van der Waals surface area (Å²) in [6.45, 7) is 11.5. The van der Waals surface area contributed by atoms with Crippen molar-refractivity contribution in [3.05, 3.63) is 33.0 Å². The van der Waals surface area contributed by atoms with Crippen molar-refractivity contribution >= 4 is 39.6 Å². The Hall–Kier alpha value is -1.85. The number of thiophene rings is 1. The molecule has 2 aromatic rings. The van der Waals surface area contributed by atoms with Gasteiger partial charge in [-0.1, -0.05) is 26.8 Å². The molecule has 3 heterocycles. The van der Waals surface area contributed by atoms with Crippen LogP contribution in [0.2, 0.25) is 0 Å². The highest BCUT2D eigenvalue weighted by atomic mass is 32.1. The van der Waals surface area contributed by atoms with Gasteiger partial charge in [-0.15, -0.1) is 22.7 Å². The second-order valence-corrected chi connectivity index (χ2v) is 13.3. The number of aliphatic hydroxyl groups excluding tert-OH is 1. The first-order valence-corrected chi connectivity index (χ1v) is 15.2. The van der Waals surface area contributed by atoms with Crippen LogP contribution in [-0.4, -0.2) is 67.4 Å². The van der Waals surface area contributed by atoms with Crippen molar-refractivity contribution in [2.75, 3.05) is 44.7 Å². The Kier molecular flexibility index (Phi) is 8.02. The second-order valence-electron chi connectivity index (χ2n) is 11.3. The van der Waals surface area contributed by atoms with E-state index < -0.39 is 6.10 Å². The molecule has 0 aromatic carbocycles. The second kappa shape index (κ2) is 11.1. The molecule has 37 heavy (non-hydrogen) atoms. The highest BCUT2D eigenvalue weighted by Crippen LogP contribution is 2.57. The smallest absolute Gasteiger partial charge is 0.267 e. The fraction of sp³-hybridized carbons (Fsp3) is 0.667. The van der Waals surface area contributed by atoms with E-state index in [2.05, 4.69) is 24.5 Å². The van der Waals surface area contributed by atoms with E-state index in [0.29, 0.717) is 16.6 Å². The number of nitrogens with zero attached hydrogens (tertiary/aromatic N) is 1. The summed E-state index contributed by atoms with van der Waals surface area (Å²) in [6.07, 6.45) is 2.07. The average molecular weight is 548 g/mol. The number of nitrogens with one attached hydrogen (secondary N) is 3. The molecule has 5 rings (SSSR count). The number of fused-ring (bicyclic) bond motifs is 2. The van der Waals surface area contributed by atoms with Crippen LogP contribution in [0.3, 0.4) is 0 Å². The Balaban J connectivity index is 1.24. The van der Waals surface area contributed by atoms with Gasteiger partial charge < -0.3 is 20.1 Å². The summed E-state index contributed by atoms with van der Waals surface area (Å²) >= 11 is 2.97. The van der Waals surface area contributed by atoms with Gasteiger partial charge in [-0.2, -0.15) is 0 Å². The Morgan fingerprint density at radius 1 is 1.35 bits per heavy atom. The standard InChI is InChI=1S/C27H38N4O4S2/c1-16(24(33)28-8-9-31-10-12-35-13-11-31)18-6-7-27(3)15-20-22(17(2)21(27)23(18)32)29-26(37-20)30-25(34)19-5-4-14-36-19/h4-5,14,16-18,21,23,32H,6-13,15H2,1-3H3,(H,28,33)(H,29,30,34)/p+1/t16-,17-,18+,21+,23-,27+/m0/s1. The van der Waals surface area contributed by atoms with Gasteiger partial charge >= 0.3 is 0 Å². The van der Waals surface area contributed by atoms with Crippen LogP contribution in [-0.2, 0) is 16.0 Å². The molecule has 2 amide bonds. The third kappa shape index (κ3) is 5.49. The Morgan fingerprint density at radius 3 is 2.86 bits per heavy atom. The van der Waals surface area contributed by atoms with Gasteiger partial charge in [0.25, 0.3) is 5.91 Å². The molecule has 8 nitrogen and oxygen atoms in total. The summed E-state index contributed by atoms with van der Waals surface area (Å²) in [5.41, 5.74) is 0.930. The van der Waals surface area contributed by atoms with Crippen LogP contribution in [0.5, 0.6) is 0 Å². The largest absolute Gasteiger partial charge is 0.392 e. The van der Waals surface area contributed by atoms with Crippen LogP contribution in [0.4, 0.5) is 5.13 Å². The minimum Gasteiger partial charge on any atom is -0.392 e. The maximum atomic E-state index is 13.0. The number of carbonyl (C=O) groups excluding carboxylic acids is 2. The molecule has 202 valence electrons. The highest BCUT2D eigenvalue weighted by Gasteiger charge is 2.53. The van der Waals surface area contributed by atoms with Gasteiger partial charge in [-0.05, 0) is 48.0 Å². The van der Waals surface area contributed by atoms with E-state index in [1.165, 1.54) is 21.1 Å². The zero-order valence-corrected chi connectivity index (χ0v) is 23.6. The van der Waals surface area contributed by atoms with Gasteiger partial charge in [0.15, 0.2) is 5.13 Å². The number of ether oxygens (including phenoxy) is 1. The lowest BCUT2D eigenvalue weighted by molar-refractivity contribution is -0.906.